The predicted molar refractivity (Wildman–Crippen MR) is 372 cm³/mol. The number of phosphoric acid groups is 2. The molecule has 0 amide bonds. The van der Waals surface area contributed by atoms with Gasteiger partial charge in [-0.2, -0.15) is 0 Å². The van der Waals surface area contributed by atoms with Crippen molar-refractivity contribution in [3.63, 3.8) is 0 Å². The van der Waals surface area contributed by atoms with E-state index in [0.29, 0.717) is 25.7 Å². The highest BCUT2D eigenvalue weighted by Crippen LogP contribution is 2.45. The molecule has 3 N–H and O–H groups in total. The third-order valence-electron chi connectivity index (χ3n) is 17.9. The number of aliphatic hydroxyl groups excluding tert-OH is 1. The summed E-state index contributed by atoms with van der Waals surface area (Å²) in [6.07, 6.45) is 45.5. The van der Waals surface area contributed by atoms with Crippen LogP contribution in [0.5, 0.6) is 0 Å². The molecule has 0 spiro atoms. The molecule has 546 valence electrons. The number of carbonyl (C=O) groups excluding carboxylic acids is 4. The van der Waals surface area contributed by atoms with Crippen molar-refractivity contribution in [1.29, 1.82) is 0 Å². The standard InChI is InChI=1S/C73H142O17P2/c1-9-64(6)50-42-34-26-18-12-14-20-29-37-45-53-70(75)83-59-68(89-72(77)55-47-39-31-21-15-13-19-27-35-43-51-65(7)10-2)61-87-91(79,80)85-57-67(74)58-86-92(81,82)88-62-69(90-73(78)56-48-40-32-22-16-17-25-33-41-49-63(4)5)60-84-71(76)54-46-38-30-24-23-28-36-44-52-66(8)11-3/h63-69,74H,9-62H2,1-8H3,(H,79,80)(H,81,82)/t64?,65?,66?,67-,68-,69-/m1/s1. The summed E-state index contributed by atoms with van der Waals surface area (Å²) in [6, 6.07) is 0. The van der Waals surface area contributed by atoms with Crippen molar-refractivity contribution in [1.82, 2.24) is 0 Å². The van der Waals surface area contributed by atoms with Crippen molar-refractivity contribution in [2.75, 3.05) is 39.6 Å². The molecule has 0 radical (unpaired) electrons. The first kappa shape index (κ1) is 90.1. The number of unbranched alkanes of at least 4 members (excludes halogenated alkanes) is 33. The van der Waals surface area contributed by atoms with Crippen molar-refractivity contribution in [2.24, 2.45) is 23.7 Å². The van der Waals surface area contributed by atoms with E-state index in [9.17, 15) is 43.2 Å². The highest BCUT2D eigenvalue weighted by atomic mass is 31.2. The second kappa shape index (κ2) is 62.6. The van der Waals surface area contributed by atoms with E-state index in [4.69, 9.17) is 37.0 Å². The first-order valence-electron chi connectivity index (χ1n) is 37.8. The van der Waals surface area contributed by atoms with Crippen LogP contribution in [0.25, 0.3) is 0 Å². The van der Waals surface area contributed by atoms with E-state index in [2.05, 4.69) is 55.4 Å². The molecule has 0 aromatic carbocycles. The number of esters is 4. The summed E-state index contributed by atoms with van der Waals surface area (Å²) in [6.45, 7) is 14.2. The number of hydrogen-bond acceptors (Lipinski definition) is 15. The zero-order chi connectivity index (χ0) is 68.2. The van der Waals surface area contributed by atoms with Gasteiger partial charge in [0.05, 0.1) is 26.4 Å². The van der Waals surface area contributed by atoms with Crippen LogP contribution in [0.2, 0.25) is 0 Å². The van der Waals surface area contributed by atoms with Crippen molar-refractivity contribution >= 4 is 39.5 Å². The summed E-state index contributed by atoms with van der Waals surface area (Å²) >= 11 is 0. The summed E-state index contributed by atoms with van der Waals surface area (Å²) in [5.41, 5.74) is 0. The maximum absolute atomic E-state index is 13.1. The van der Waals surface area contributed by atoms with E-state index in [1.165, 1.54) is 167 Å². The number of carbonyl (C=O) groups is 4. The van der Waals surface area contributed by atoms with Crippen LogP contribution in [0.1, 0.15) is 364 Å². The molecular weight excluding hydrogens is 1210 g/mol. The fourth-order valence-electron chi connectivity index (χ4n) is 10.9. The van der Waals surface area contributed by atoms with Gasteiger partial charge in [-0.05, 0) is 49.4 Å². The Hall–Kier alpha value is -1.94. The Balaban J connectivity index is 5.29. The van der Waals surface area contributed by atoms with Gasteiger partial charge in [-0.25, -0.2) is 9.13 Å². The third kappa shape index (κ3) is 62.8. The molecule has 0 aliphatic carbocycles. The van der Waals surface area contributed by atoms with E-state index < -0.39 is 97.5 Å². The van der Waals surface area contributed by atoms with Crippen molar-refractivity contribution in [3.8, 4) is 0 Å². The van der Waals surface area contributed by atoms with Gasteiger partial charge in [0.25, 0.3) is 0 Å². The maximum Gasteiger partial charge on any atom is 0.472 e. The Morgan fingerprint density at radius 1 is 0.304 bits per heavy atom. The first-order valence-corrected chi connectivity index (χ1v) is 40.8. The minimum absolute atomic E-state index is 0.104. The summed E-state index contributed by atoms with van der Waals surface area (Å²) in [4.78, 5) is 72.7. The molecule has 0 heterocycles. The summed E-state index contributed by atoms with van der Waals surface area (Å²) < 4.78 is 68.4. The molecule has 17 nitrogen and oxygen atoms in total. The fraction of sp³-hybridized carbons (Fsp3) is 0.945. The van der Waals surface area contributed by atoms with Crippen LogP contribution in [0.4, 0.5) is 0 Å². The van der Waals surface area contributed by atoms with Gasteiger partial charge in [-0.1, -0.05) is 312 Å². The summed E-state index contributed by atoms with van der Waals surface area (Å²) in [5.74, 6) is 1.00. The minimum Gasteiger partial charge on any atom is -0.462 e. The molecule has 92 heavy (non-hydrogen) atoms. The minimum atomic E-state index is -4.96. The van der Waals surface area contributed by atoms with Crippen molar-refractivity contribution in [3.05, 3.63) is 0 Å². The zero-order valence-corrected chi connectivity index (χ0v) is 62.0. The normalized spacial score (nSPS) is 15.1. The number of rotatable bonds is 70. The molecule has 8 atom stereocenters. The van der Waals surface area contributed by atoms with E-state index in [0.717, 1.165) is 114 Å². The quantitative estimate of drug-likeness (QED) is 0.0222. The lowest BCUT2D eigenvalue weighted by Crippen LogP contribution is -2.30. The molecule has 19 heteroatoms. The first-order chi connectivity index (χ1) is 44.2. The Morgan fingerprint density at radius 2 is 0.522 bits per heavy atom. The Bertz CT molecular complexity index is 1820. The van der Waals surface area contributed by atoms with E-state index in [1.807, 2.05) is 0 Å². The maximum atomic E-state index is 13.1. The average molecular weight is 1350 g/mol. The van der Waals surface area contributed by atoms with Crippen molar-refractivity contribution < 1.29 is 80.2 Å². The number of phosphoric ester groups is 2. The lowest BCUT2D eigenvalue weighted by molar-refractivity contribution is -0.161. The highest BCUT2D eigenvalue weighted by Gasteiger charge is 2.30. The van der Waals surface area contributed by atoms with Gasteiger partial charge >= 0.3 is 39.5 Å². The van der Waals surface area contributed by atoms with Crippen LogP contribution >= 0.6 is 15.6 Å². The molecular formula is C73H142O17P2. The largest absolute Gasteiger partial charge is 0.472 e. The summed E-state index contributed by atoms with van der Waals surface area (Å²) in [5, 5.41) is 10.6. The molecule has 0 rings (SSSR count). The number of aliphatic hydroxyl groups is 1. The second-order valence-electron chi connectivity index (χ2n) is 27.5. The van der Waals surface area contributed by atoms with Gasteiger partial charge in [0.1, 0.15) is 19.3 Å². The molecule has 0 saturated heterocycles. The molecule has 0 aromatic heterocycles. The molecule has 5 unspecified atom stereocenters. The van der Waals surface area contributed by atoms with Gasteiger partial charge in [0.15, 0.2) is 12.2 Å². The molecule has 0 aromatic rings. The van der Waals surface area contributed by atoms with E-state index in [-0.39, 0.29) is 25.7 Å². The third-order valence-corrected chi connectivity index (χ3v) is 19.8. The topological polar surface area (TPSA) is 237 Å². The van der Waals surface area contributed by atoms with E-state index >= 15 is 0 Å². The zero-order valence-electron chi connectivity index (χ0n) is 60.2. The van der Waals surface area contributed by atoms with Crippen molar-refractivity contribution in [2.45, 2.75) is 382 Å². The second-order valence-corrected chi connectivity index (χ2v) is 30.4. The predicted octanol–water partition coefficient (Wildman–Crippen LogP) is 20.9. The van der Waals surface area contributed by atoms with Gasteiger partial charge in [0.2, 0.25) is 0 Å². The molecule has 0 saturated carbocycles. The highest BCUT2D eigenvalue weighted by molar-refractivity contribution is 7.47. The lowest BCUT2D eigenvalue weighted by Gasteiger charge is -2.21. The van der Waals surface area contributed by atoms with Crippen LogP contribution in [0.3, 0.4) is 0 Å². The van der Waals surface area contributed by atoms with Crippen LogP contribution in [-0.4, -0.2) is 96.7 Å². The Labute approximate surface area is 562 Å². The Morgan fingerprint density at radius 3 is 0.772 bits per heavy atom. The smallest absolute Gasteiger partial charge is 0.462 e. The molecule has 0 aliphatic rings. The van der Waals surface area contributed by atoms with Gasteiger partial charge < -0.3 is 33.8 Å². The van der Waals surface area contributed by atoms with Gasteiger partial charge in [0, 0.05) is 25.7 Å². The Kier molecular flexibility index (Phi) is 61.3. The summed E-state index contributed by atoms with van der Waals surface area (Å²) in [7, 11) is -9.91. The number of hydrogen-bond donors (Lipinski definition) is 3. The molecule has 0 aliphatic heterocycles. The number of ether oxygens (including phenoxy) is 4. The monoisotopic (exact) mass is 1350 g/mol. The van der Waals surface area contributed by atoms with Crippen LogP contribution < -0.4 is 0 Å². The van der Waals surface area contributed by atoms with Crippen LogP contribution in [0, 0.1) is 23.7 Å². The van der Waals surface area contributed by atoms with Gasteiger partial charge in [-0.3, -0.25) is 37.3 Å². The van der Waals surface area contributed by atoms with Crippen LogP contribution in [0.15, 0.2) is 0 Å². The molecule has 0 fully saturated rings. The SMILES string of the molecule is CCC(C)CCCCCCCCCCCCC(=O)OC[C@H](COP(=O)(O)OC[C@@H](O)COP(=O)(O)OC[C@@H](COC(=O)CCCCCCCCCCC(C)CC)OC(=O)CCCCCCCCCCCC(C)C)OC(=O)CCCCCCCCCCCCC(C)CC. The van der Waals surface area contributed by atoms with E-state index in [1.54, 1.807) is 0 Å². The lowest BCUT2D eigenvalue weighted by atomic mass is 9.99. The van der Waals surface area contributed by atoms with Crippen LogP contribution in [-0.2, 0) is 65.4 Å². The van der Waals surface area contributed by atoms with Gasteiger partial charge in [-0.15, -0.1) is 0 Å². The average Bonchev–Trinajstić information content (AvgIpc) is 2.54. The fourth-order valence-corrected chi connectivity index (χ4v) is 12.5. The molecule has 0 bridgehead atoms.